The summed E-state index contributed by atoms with van der Waals surface area (Å²) in [5, 5.41) is 9.57. The summed E-state index contributed by atoms with van der Waals surface area (Å²) in [4.78, 5) is 7.68. The maximum Gasteiger partial charge on any atom is 0.436 e. The molecule has 2 aromatic heterocycles. The van der Waals surface area contributed by atoms with Crippen LogP contribution in [-0.4, -0.2) is 39.8 Å². The first-order chi connectivity index (χ1) is 17.0. The highest BCUT2D eigenvalue weighted by atomic mass is 35.5. The van der Waals surface area contributed by atoms with Crippen molar-refractivity contribution in [1.82, 2.24) is 25.1 Å². The van der Waals surface area contributed by atoms with Crippen LogP contribution in [0, 0.1) is 0 Å². The van der Waals surface area contributed by atoms with Crippen molar-refractivity contribution in [2.75, 3.05) is 16.6 Å². The molecule has 0 bridgehead atoms. The second kappa shape index (κ2) is 10.6. The van der Waals surface area contributed by atoms with E-state index in [2.05, 4.69) is 30.4 Å². The standard InChI is InChI=1S/C21H21ClF3N7O2S2/c22-16-17(13-3-4-13)32(30-18(16)21(23,24)25)12-2-11-28-20(35)29-14-5-7-15(8-6-14)36(33,34)31-19-26-9-1-10-27-19/h1,5-10,13H,2-4,11-12H2,(H,26,27,31)(H2,28,29,35). The summed E-state index contributed by atoms with van der Waals surface area (Å²) in [7, 11) is -3.86. The summed E-state index contributed by atoms with van der Waals surface area (Å²) >= 11 is 11.2. The zero-order chi connectivity index (χ0) is 25.9. The molecule has 0 amide bonds. The predicted molar refractivity (Wildman–Crippen MR) is 132 cm³/mol. The number of aryl methyl sites for hydroxylation is 1. The normalized spacial score (nSPS) is 13.9. The minimum absolute atomic E-state index is 0.0130. The molecular formula is C21H21ClF3N7O2S2. The van der Waals surface area contributed by atoms with Crippen molar-refractivity contribution >= 4 is 50.6 Å². The van der Waals surface area contributed by atoms with Gasteiger partial charge in [-0.2, -0.15) is 18.3 Å². The molecule has 192 valence electrons. The van der Waals surface area contributed by atoms with Gasteiger partial charge in [-0.15, -0.1) is 0 Å². The monoisotopic (exact) mass is 559 g/mol. The predicted octanol–water partition coefficient (Wildman–Crippen LogP) is 4.40. The van der Waals surface area contributed by atoms with E-state index in [9.17, 15) is 21.6 Å². The Balaban J connectivity index is 1.27. The highest BCUT2D eigenvalue weighted by Crippen LogP contribution is 2.46. The van der Waals surface area contributed by atoms with E-state index in [4.69, 9.17) is 23.8 Å². The summed E-state index contributed by atoms with van der Waals surface area (Å²) in [6, 6.07) is 7.45. The number of hydrogen-bond donors (Lipinski definition) is 3. The van der Waals surface area contributed by atoms with Gasteiger partial charge >= 0.3 is 6.18 Å². The number of thiocarbonyl (C=S) groups is 1. The summed E-state index contributed by atoms with van der Waals surface area (Å²) in [6.45, 7) is 0.629. The van der Waals surface area contributed by atoms with Crippen molar-refractivity contribution in [1.29, 1.82) is 0 Å². The summed E-state index contributed by atoms with van der Waals surface area (Å²) in [5.41, 5.74) is -0.0617. The molecule has 9 nitrogen and oxygen atoms in total. The van der Waals surface area contributed by atoms with Gasteiger partial charge in [-0.05, 0) is 61.8 Å². The lowest BCUT2D eigenvalue weighted by atomic mass is 10.2. The average Bonchev–Trinajstić information content (AvgIpc) is 3.59. The fraction of sp³-hybridized carbons (Fsp3) is 0.333. The number of sulfonamides is 1. The van der Waals surface area contributed by atoms with Crippen LogP contribution in [0.2, 0.25) is 5.02 Å². The first-order valence-electron chi connectivity index (χ1n) is 10.8. The molecule has 0 atom stereocenters. The van der Waals surface area contributed by atoms with Gasteiger partial charge in [0.15, 0.2) is 10.8 Å². The first kappa shape index (κ1) is 26.1. The quantitative estimate of drug-likeness (QED) is 0.261. The van der Waals surface area contributed by atoms with Crippen molar-refractivity contribution in [2.24, 2.45) is 0 Å². The topological polar surface area (TPSA) is 114 Å². The number of aromatic nitrogens is 4. The van der Waals surface area contributed by atoms with Crippen LogP contribution in [0.15, 0.2) is 47.6 Å². The van der Waals surface area contributed by atoms with Gasteiger partial charge in [0.2, 0.25) is 5.95 Å². The highest BCUT2D eigenvalue weighted by molar-refractivity contribution is 7.92. The van der Waals surface area contributed by atoms with Gasteiger partial charge in [0.1, 0.15) is 0 Å². The van der Waals surface area contributed by atoms with Crippen molar-refractivity contribution in [2.45, 2.75) is 42.8 Å². The Labute approximate surface area is 215 Å². The fourth-order valence-electron chi connectivity index (χ4n) is 3.41. The van der Waals surface area contributed by atoms with E-state index < -0.39 is 21.9 Å². The number of nitrogens with zero attached hydrogens (tertiary/aromatic N) is 4. The van der Waals surface area contributed by atoms with Crippen molar-refractivity contribution in [3.63, 3.8) is 0 Å². The molecule has 0 saturated heterocycles. The smallest absolute Gasteiger partial charge is 0.362 e. The Hall–Kier alpha value is -2.97. The molecule has 0 unspecified atom stereocenters. The van der Waals surface area contributed by atoms with E-state index in [1.54, 1.807) is 18.2 Å². The van der Waals surface area contributed by atoms with Crippen molar-refractivity contribution in [3.05, 3.63) is 59.1 Å². The third-order valence-electron chi connectivity index (χ3n) is 5.21. The van der Waals surface area contributed by atoms with Crippen LogP contribution in [0.5, 0.6) is 0 Å². The molecule has 1 aliphatic rings. The largest absolute Gasteiger partial charge is 0.436 e. The number of rotatable bonds is 9. The van der Waals surface area contributed by atoms with E-state index in [0.29, 0.717) is 24.3 Å². The molecule has 2 heterocycles. The molecule has 0 spiro atoms. The van der Waals surface area contributed by atoms with Gasteiger partial charge in [-0.1, -0.05) is 11.6 Å². The minimum Gasteiger partial charge on any atom is -0.362 e. The van der Waals surface area contributed by atoms with E-state index in [1.165, 1.54) is 29.2 Å². The van der Waals surface area contributed by atoms with Gasteiger partial charge in [0.05, 0.1) is 15.6 Å². The lowest BCUT2D eigenvalue weighted by molar-refractivity contribution is -0.141. The molecule has 3 aromatic rings. The average molecular weight is 560 g/mol. The third-order valence-corrected chi connectivity index (χ3v) is 7.17. The van der Waals surface area contributed by atoms with Gasteiger partial charge in [-0.25, -0.2) is 23.1 Å². The number of halogens is 4. The zero-order valence-electron chi connectivity index (χ0n) is 18.6. The molecule has 1 saturated carbocycles. The Morgan fingerprint density at radius 1 is 1.17 bits per heavy atom. The number of nitrogens with one attached hydrogen (secondary N) is 3. The Morgan fingerprint density at radius 2 is 1.83 bits per heavy atom. The molecule has 1 aromatic carbocycles. The maximum absolute atomic E-state index is 13.2. The molecule has 0 radical (unpaired) electrons. The first-order valence-corrected chi connectivity index (χ1v) is 13.1. The number of anilines is 2. The van der Waals surface area contributed by atoms with Crippen molar-refractivity contribution < 1.29 is 21.6 Å². The van der Waals surface area contributed by atoms with Gasteiger partial charge in [-0.3, -0.25) is 4.68 Å². The summed E-state index contributed by atoms with van der Waals surface area (Å²) in [6.07, 6.45) is 0.289. The van der Waals surface area contributed by atoms with E-state index in [-0.39, 0.29) is 33.4 Å². The van der Waals surface area contributed by atoms with E-state index >= 15 is 0 Å². The zero-order valence-corrected chi connectivity index (χ0v) is 21.0. The molecule has 1 aliphatic carbocycles. The molecular weight excluding hydrogens is 539 g/mol. The number of benzene rings is 1. The summed E-state index contributed by atoms with van der Waals surface area (Å²) < 4.78 is 68.0. The second-order valence-corrected chi connectivity index (χ2v) is 10.4. The van der Waals surface area contributed by atoms with E-state index in [0.717, 1.165) is 12.8 Å². The highest BCUT2D eigenvalue weighted by Gasteiger charge is 2.41. The summed E-state index contributed by atoms with van der Waals surface area (Å²) in [5.74, 6) is -0.0275. The third kappa shape index (κ3) is 6.42. The van der Waals surface area contributed by atoms with Gasteiger partial charge in [0.25, 0.3) is 10.0 Å². The second-order valence-electron chi connectivity index (χ2n) is 7.98. The van der Waals surface area contributed by atoms with Crippen LogP contribution in [0.25, 0.3) is 0 Å². The van der Waals surface area contributed by atoms with Crippen LogP contribution in [0.1, 0.15) is 36.6 Å². The van der Waals surface area contributed by atoms with E-state index in [1.807, 2.05) is 0 Å². The molecule has 4 rings (SSSR count). The molecule has 0 aliphatic heterocycles. The lowest BCUT2D eigenvalue weighted by Crippen LogP contribution is -2.30. The van der Waals surface area contributed by atoms with Crippen LogP contribution in [0.3, 0.4) is 0 Å². The molecule has 3 N–H and O–H groups in total. The van der Waals surface area contributed by atoms with Crippen LogP contribution in [-0.2, 0) is 22.7 Å². The van der Waals surface area contributed by atoms with Gasteiger partial charge in [0, 0.05) is 37.1 Å². The van der Waals surface area contributed by atoms with Crippen molar-refractivity contribution in [3.8, 4) is 0 Å². The fourth-order valence-corrected chi connectivity index (χ4v) is 4.98. The minimum atomic E-state index is -4.60. The Bertz CT molecular complexity index is 1330. The van der Waals surface area contributed by atoms with Crippen LogP contribution >= 0.6 is 23.8 Å². The number of alkyl halides is 3. The lowest BCUT2D eigenvalue weighted by Gasteiger charge is -2.12. The molecule has 15 heteroatoms. The molecule has 36 heavy (non-hydrogen) atoms. The van der Waals surface area contributed by atoms with Crippen LogP contribution < -0.4 is 15.4 Å². The number of hydrogen-bond acceptors (Lipinski definition) is 6. The molecule has 1 fully saturated rings. The Kier molecular flexibility index (Phi) is 7.66. The Morgan fingerprint density at radius 3 is 2.44 bits per heavy atom. The van der Waals surface area contributed by atoms with Gasteiger partial charge < -0.3 is 10.6 Å². The maximum atomic E-state index is 13.2. The van der Waals surface area contributed by atoms with Crippen LogP contribution in [0.4, 0.5) is 24.8 Å². The SMILES string of the molecule is O=S(=O)(Nc1ncccn1)c1ccc(NC(=S)NCCCn2nc(C(F)(F)F)c(Cl)c2C2CC2)cc1.